The molecule has 0 bridgehead atoms. The number of hydrogen-bond acceptors (Lipinski definition) is 5. The van der Waals surface area contributed by atoms with Crippen molar-refractivity contribution in [3.05, 3.63) is 29.3 Å². The van der Waals surface area contributed by atoms with E-state index in [0.29, 0.717) is 12.4 Å². The summed E-state index contributed by atoms with van der Waals surface area (Å²) >= 11 is 1.64. The average Bonchev–Trinajstić information content (AvgIpc) is 2.45. The number of ether oxygens (including phenoxy) is 2. The van der Waals surface area contributed by atoms with Crippen LogP contribution in [-0.4, -0.2) is 37.2 Å². The normalized spacial score (nSPS) is 12.0. The van der Waals surface area contributed by atoms with Gasteiger partial charge in [-0.15, -0.1) is 0 Å². The SMILES string of the molecule is COC(=O)C(N)CSCCCOc1ccc(C)c(C)c1. The molecule has 1 unspecified atom stereocenters. The zero-order valence-corrected chi connectivity index (χ0v) is 13.2. The van der Waals surface area contributed by atoms with Gasteiger partial charge in [0.05, 0.1) is 13.7 Å². The van der Waals surface area contributed by atoms with Crippen LogP contribution in [0.2, 0.25) is 0 Å². The molecule has 0 spiro atoms. The Hall–Kier alpha value is -1.20. The van der Waals surface area contributed by atoms with Gasteiger partial charge in [0.25, 0.3) is 0 Å². The number of carbonyl (C=O) groups is 1. The second-order valence-corrected chi connectivity index (χ2v) is 5.80. The number of benzene rings is 1. The van der Waals surface area contributed by atoms with Crippen LogP contribution in [0, 0.1) is 13.8 Å². The molecule has 0 amide bonds. The van der Waals surface area contributed by atoms with E-state index in [9.17, 15) is 4.79 Å². The van der Waals surface area contributed by atoms with Gasteiger partial charge >= 0.3 is 5.97 Å². The predicted molar refractivity (Wildman–Crippen MR) is 83.3 cm³/mol. The van der Waals surface area contributed by atoms with Gasteiger partial charge in [0.1, 0.15) is 11.8 Å². The van der Waals surface area contributed by atoms with E-state index < -0.39 is 6.04 Å². The first-order chi connectivity index (χ1) is 9.54. The van der Waals surface area contributed by atoms with Crippen LogP contribution in [0.25, 0.3) is 0 Å². The zero-order chi connectivity index (χ0) is 15.0. The van der Waals surface area contributed by atoms with Crippen LogP contribution in [-0.2, 0) is 9.53 Å². The molecule has 0 fully saturated rings. The van der Waals surface area contributed by atoms with Gasteiger partial charge < -0.3 is 15.2 Å². The van der Waals surface area contributed by atoms with Crippen LogP contribution in [0.15, 0.2) is 18.2 Å². The third-order valence-corrected chi connectivity index (χ3v) is 4.15. The molecule has 4 nitrogen and oxygen atoms in total. The molecule has 0 heterocycles. The van der Waals surface area contributed by atoms with Crippen molar-refractivity contribution in [1.82, 2.24) is 0 Å². The number of nitrogens with two attached hydrogens (primary N) is 1. The van der Waals surface area contributed by atoms with E-state index >= 15 is 0 Å². The van der Waals surface area contributed by atoms with Gasteiger partial charge in [-0.05, 0) is 49.3 Å². The van der Waals surface area contributed by atoms with E-state index in [1.165, 1.54) is 18.2 Å². The summed E-state index contributed by atoms with van der Waals surface area (Å²) in [4.78, 5) is 11.1. The molecule has 5 heteroatoms. The summed E-state index contributed by atoms with van der Waals surface area (Å²) in [5.74, 6) is 2.04. The number of methoxy groups -OCH3 is 1. The number of aryl methyl sites for hydroxylation is 2. The van der Waals surface area contributed by atoms with E-state index in [1.54, 1.807) is 11.8 Å². The molecular weight excluding hydrogens is 274 g/mol. The van der Waals surface area contributed by atoms with Crippen LogP contribution in [0.1, 0.15) is 17.5 Å². The van der Waals surface area contributed by atoms with Crippen molar-refractivity contribution >= 4 is 17.7 Å². The minimum absolute atomic E-state index is 0.358. The van der Waals surface area contributed by atoms with Gasteiger partial charge in [-0.3, -0.25) is 4.79 Å². The largest absolute Gasteiger partial charge is 0.494 e. The molecule has 0 saturated carbocycles. The lowest BCUT2D eigenvalue weighted by Crippen LogP contribution is -2.33. The lowest BCUT2D eigenvalue weighted by molar-refractivity contribution is -0.141. The van der Waals surface area contributed by atoms with Gasteiger partial charge in [-0.1, -0.05) is 6.07 Å². The van der Waals surface area contributed by atoms with E-state index in [1.807, 2.05) is 6.07 Å². The van der Waals surface area contributed by atoms with E-state index in [4.69, 9.17) is 10.5 Å². The smallest absolute Gasteiger partial charge is 0.323 e. The maximum Gasteiger partial charge on any atom is 0.323 e. The summed E-state index contributed by atoms with van der Waals surface area (Å²) in [7, 11) is 1.35. The number of thioether (sulfide) groups is 1. The maximum absolute atomic E-state index is 11.1. The number of esters is 1. The third kappa shape index (κ3) is 5.84. The molecule has 112 valence electrons. The Bertz CT molecular complexity index is 437. The summed E-state index contributed by atoms with van der Waals surface area (Å²) in [5.41, 5.74) is 8.14. The van der Waals surface area contributed by atoms with Gasteiger partial charge in [0.2, 0.25) is 0 Å². The Balaban J connectivity index is 2.13. The van der Waals surface area contributed by atoms with Crippen molar-refractivity contribution in [2.75, 3.05) is 25.2 Å². The van der Waals surface area contributed by atoms with Crippen molar-refractivity contribution in [3.63, 3.8) is 0 Å². The predicted octanol–water partition coefficient (Wildman–Crippen LogP) is 2.31. The topological polar surface area (TPSA) is 61.5 Å². The zero-order valence-electron chi connectivity index (χ0n) is 12.3. The highest BCUT2D eigenvalue weighted by Crippen LogP contribution is 2.16. The highest BCUT2D eigenvalue weighted by molar-refractivity contribution is 7.99. The summed E-state index contributed by atoms with van der Waals surface area (Å²) in [6.45, 7) is 4.83. The number of hydrogen-bond donors (Lipinski definition) is 1. The van der Waals surface area contributed by atoms with E-state index in [-0.39, 0.29) is 5.97 Å². The van der Waals surface area contributed by atoms with E-state index in [0.717, 1.165) is 17.9 Å². The molecule has 0 radical (unpaired) electrons. The first-order valence-corrected chi connectivity index (χ1v) is 7.81. The van der Waals surface area contributed by atoms with Crippen molar-refractivity contribution in [2.45, 2.75) is 26.3 Å². The second-order valence-electron chi connectivity index (χ2n) is 4.65. The first-order valence-electron chi connectivity index (χ1n) is 6.65. The maximum atomic E-state index is 11.1. The minimum atomic E-state index is -0.536. The number of carbonyl (C=O) groups excluding carboxylic acids is 1. The summed E-state index contributed by atoms with van der Waals surface area (Å²) in [6.07, 6.45) is 0.922. The van der Waals surface area contributed by atoms with Crippen LogP contribution < -0.4 is 10.5 Å². The highest BCUT2D eigenvalue weighted by atomic mass is 32.2. The molecule has 2 N–H and O–H groups in total. The van der Waals surface area contributed by atoms with Crippen LogP contribution >= 0.6 is 11.8 Å². The van der Waals surface area contributed by atoms with Gasteiger partial charge in [0, 0.05) is 5.75 Å². The summed E-state index contributed by atoms with van der Waals surface area (Å²) in [6, 6.07) is 5.57. The average molecular weight is 297 g/mol. The fourth-order valence-electron chi connectivity index (χ4n) is 1.58. The Labute approximate surface area is 125 Å². The highest BCUT2D eigenvalue weighted by Gasteiger charge is 2.12. The molecule has 0 aliphatic carbocycles. The fraction of sp³-hybridized carbons (Fsp3) is 0.533. The van der Waals surface area contributed by atoms with Crippen LogP contribution in [0.4, 0.5) is 0 Å². The van der Waals surface area contributed by atoms with Crippen molar-refractivity contribution in [3.8, 4) is 5.75 Å². The van der Waals surface area contributed by atoms with Gasteiger partial charge in [-0.25, -0.2) is 0 Å². The van der Waals surface area contributed by atoms with E-state index in [2.05, 4.69) is 30.7 Å². The Morgan fingerprint density at radius 2 is 2.10 bits per heavy atom. The van der Waals surface area contributed by atoms with Crippen molar-refractivity contribution in [2.24, 2.45) is 5.73 Å². The van der Waals surface area contributed by atoms with Crippen LogP contribution in [0.3, 0.4) is 0 Å². The molecule has 0 aliphatic rings. The quantitative estimate of drug-likeness (QED) is 0.589. The lowest BCUT2D eigenvalue weighted by atomic mass is 10.1. The number of rotatable bonds is 8. The molecule has 1 aromatic rings. The molecule has 1 aromatic carbocycles. The second kappa shape index (κ2) is 8.87. The molecule has 20 heavy (non-hydrogen) atoms. The molecule has 0 saturated heterocycles. The van der Waals surface area contributed by atoms with Crippen LogP contribution in [0.5, 0.6) is 5.75 Å². The molecule has 1 rings (SSSR count). The Morgan fingerprint density at radius 3 is 2.75 bits per heavy atom. The monoisotopic (exact) mass is 297 g/mol. The van der Waals surface area contributed by atoms with Gasteiger partial charge in [-0.2, -0.15) is 11.8 Å². The Morgan fingerprint density at radius 1 is 1.35 bits per heavy atom. The first kappa shape index (κ1) is 16.9. The lowest BCUT2D eigenvalue weighted by Gasteiger charge is -2.10. The fourth-order valence-corrected chi connectivity index (χ4v) is 2.46. The Kier molecular flexibility index (Phi) is 7.47. The molecule has 1 atom stereocenters. The summed E-state index contributed by atoms with van der Waals surface area (Å²) in [5, 5.41) is 0. The molecular formula is C15H23NO3S. The molecule has 0 aromatic heterocycles. The standard InChI is InChI=1S/C15H23NO3S/c1-11-5-6-13(9-12(11)2)19-7-4-8-20-10-14(16)15(17)18-3/h5-6,9,14H,4,7-8,10,16H2,1-3H3. The molecule has 0 aliphatic heterocycles. The minimum Gasteiger partial charge on any atom is -0.494 e. The van der Waals surface area contributed by atoms with Gasteiger partial charge in [0.15, 0.2) is 0 Å². The summed E-state index contributed by atoms with van der Waals surface area (Å²) < 4.78 is 10.2. The van der Waals surface area contributed by atoms with Crippen molar-refractivity contribution in [1.29, 1.82) is 0 Å². The third-order valence-electron chi connectivity index (χ3n) is 2.98. The van der Waals surface area contributed by atoms with Crippen molar-refractivity contribution < 1.29 is 14.3 Å².